The molecule has 1 unspecified atom stereocenters. The predicted octanol–water partition coefficient (Wildman–Crippen LogP) is 1.21. The van der Waals surface area contributed by atoms with Gasteiger partial charge in [-0.05, 0) is 19.4 Å². The first-order valence-corrected chi connectivity index (χ1v) is 4.91. The van der Waals surface area contributed by atoms with Crippen LogP contribution in [0.4, 0.5) is 11.5 Å². The van der Waals surface area contributed by atoms with Crippen molar-refractivity contribution in [1.82, 2.24) is 4.98 Å². The molecule has 1 heterocycles. The van der Waals surface area contributed by atoms with Gasteiger partial charge in [-0.2, -0.15) is 0 Å². The lowest BCUT2D eigenvalue weighted by molar-refractivity contribution is -0.385. The highest BCUT2D eigenvalue weighted by Gasteiger charge is 2.20. The highest BCUT2D eigenvalue weighted by atomic mass is 16.6. The molecule has 0 spiro atoms. The molecule has 1 aromatic heterocycles. The second-order valence-corrected chi connectivity index (χ2v) is 3.72. The number of carboxylic acids is 1. The monoisotopic (exact) mass is 239 g/mol. The Labute approximate surface area is 97.8 Å². The number of hydrogen-bond donors (Lipinski definition) is 1. The molecule has 1 atom stereocenters. The molecule has 1 rings (SSSR count). The van der Waals surface area contributed by atoms with Crippen molar-refractivity contribution in [2.45, 2.75) is 19.9 Å². The summed E-state index contributed by atoms with van der Waals surface area (Å²) in [6.07, 6.45) is 1.12. The molecule has 0 amide bonds. The van der Waals surface area contributed by atoms with Crippen molar-refractivity contribution >= 4 is 17.5 Å². The number of aliphatic carboxylic acids is 1. The van der Waals surface area contributed by atoms with Crippen molar-refractivity contribution in [2.75, 3.05) is 11.9 Å². The standard InChI is InChI=1S/C10H13N3O4/c1-6-4-8(13(16)17)5-11-9(6)12(3)7(2)10(14)15/h4-5,7H,1-3H3,(H,14,15). The zero-order valence-electron chi connectivity index (χ0n) is 9.75. The largest absolute Gasteiger partial charge is 0.480 e. The summed E-state index contributed by atoms with van der Waals surface area (Å²) in [7, 11) is 1.58. The Bertz CT molecular complexity index is 461. The molecule has 0 aliphatic carbocycles. The highest BCUT2D eigenvalue weighted by molar-refractivity contribution is 5.77. The van der Waals surface area contributed by atoms with E-state index in [0.29, 0.717) is 11.4 Å². The Kier molecular flexibility index (Phi) is 3.62. The molecule has 1 aromatic rings. The van der Waals surface area contributed by atoms with Crippen molar-refractivity contribution in [3.63, 3.8) is 0 Å². The predicted molar refractivity (Wildman–Crippen MR) is 61.1 cm³/mol. The van der Waals surface area contributed by atoms with Crippen LogP contribution < -0.4 is 4.90 Å². The summed E-state index contributed by atoms with van der Waals surface area (Å²) in [5.41, 5.74) is 0.456. The normalized spacial score (nSPS) is 11.9. The second-order valence-electron chi connectivity index (χ2n) is 3.72. The van der Waals surface area contributed by atoms with Crippen LogP contribution in [-0.4, -0.2) is 34.1 Å². The van der Waals surface area contributed by atoms with Gasteiger partial charge in [0.05, 0.1) is 4.92 Å². The molecule has 0 aliphatic rings. The van der Waals surface area contributed by atoms with E-state index in [1.807, 2.05) is 0 Å². The van der Waals surface area contributed by atoms with E-state index in [4.69, 9.17) is 5.11 Å². The van der Waals surface area contributed by atoms with Gasteiger partial charge in [0.15, 0.2) is 0 Å². The maximum absolute atomic E-state index is 10.8. The summed E-state index contributed by atoms with van der Waals surface area (Å²) in [5, 5.41) is 19.4. The molecule has 7 heteroatoms. The van der Waals surface area contributed by atoms with Crippen LogP contribution in [0.15, 0.2) is 12.3 Å². The van der Waals surface area contributed by atoms with Gasteiger partial charge in [0.1, 0.15) is 18.1 Å². The summed E-state index contributed by atoms with van der Waals surface area (Å²) in [5.74, 6) is -0.558. The van der Waals surface area contributed by atoms with Gasteiger partial charge in [-0.15, -0.1) is 0 Å². The Morgan fingerprint density at radius 2 is 2.24 bits per heavy atom. The van der Waals surface area contributed by atoms with Gasteiger partial charge in [-0.1, -0.05) is 0 Å². The smallest absolute Gasteiger partial charge is 0.326 e. The van der Waals surface area contributed by atoms with E-state index >= 15 is 0 Å². The van der Waals surface area contributed by atoms with Gasteiger partial charge in [-0.3, -0.25) is 10.1 Å². The van der Waals surface area contributed by atoms with E-state index in [-0.39, 0.29) is 5.69 Å². The molecule has 7 nitrogen and oxygen atoms in total. The summed E-state index contributed by atoms with van der Waals surface area (Å²) in [6, 6.07) is 0.621. The Hall–Kier alpha value is -2.18. The average Bonchev–Trinajstić information content (AvgIpc) is 2.26. The van der Waals surface area contributed by atoms with Gasteiger partial charge < -0.3 is 10.0 Å². The van der Waals surface area contributed by atoms with Crippen LogP contribution in [0.5, 0.6) is 0 Å². The number of aromatic nitrogens is 1. The Morgan fingerprint density at radius 3 is 2.65 bits per heavy atom. The first-order valence-electron chi connectivity index (χ1n) is 4.91. The van der Waals surface area contributed by atoms with Crippen molar-refractivity contribution in [3.05, 3.63) is 27.9 Å². The highest BCUT2D eigenvalue weighted by Crippen LogP contribution is 2.21. The number of likely N-dealkylation sites (N-methyl/N-ethyl adjacent to an activating group) is 1. The number of nitro groups is 1. The van der Waals surface area contributed by atoms with Crippen LogP contribution in [0, 0.1) is 17.0 Å². The Morgan fingerprint density at radius 1 is 1.65 bits per heavy atom. The zero-order valence-corrected chi connectivity index (χ0v) is 9.75. The second kappa shape index (κ2) is 4.77. The number of carboxylic acid groups (broad SMARTS) is 1. The number of carbonyl (C=O) groups is 1. The molecule has 0 saturated heterocycles. The summed E-state index contributed by atoms with van der Waals surface area (Å²) >= 11 is 0. The van der Waals surface area contributed by atoms with E-state index in [1.165, 1.54) is 17.9 Å². The third kappa shape index (κ3) is 2.68. The minimum absolute atomic E-state index is 0.109. The fourth-order valence-corrected chi connectivity index (χ4v) is 1.37. The first-order chi connectivity index (χ1) is 7.84. The van der Waals surface area contributed by atoms with Crippen LogP contribution >= 0.6 is 0 Å². The van der Waals surface area contributed by atoms with E-state index in [1.54, 1.807) is 14.0 Å². The number of aryl methyl sites for hydroxylation is 1. The Balaban J connectivity index is 3.08. The molecule has 0 fully saturated rings. The number of nitrogens with zero attached hydrogens (tertiary/aromatic N) is 3. The van der Waals surface area contributed by atoms with Crippen LogP contribution in [0.25, 0.3) is 0 Å². The number of pyridine rings is 1. The van der Waals surface area contributed by atoms with Crippen LogP contribution in [0.1, 0.15) is 12.5 Å². The minimum Gasteiger partial charge on any atom is -0.480 e. The van der Waals surface area contributed by atoms with E-state index in [2.05, 4.69) is 4.98 Å². The lowest BCUT2D eigenvalue weighted by Crippen LogP contribution is -2.36. The molecule has 0 aliphatic heterocycles. The van der Waals surface area contributed by atoms with E-state index in [9.17, 15) is 14.9 Å². The molecule has 92 valence electrons. The van der Waals surface area contributed by atoms with Gasteiger partial charge in [0.2, 0.25) is 0 Å². The average molecular weight is 239 g/mol. The summed E-state index contributed by atoms with van der Waals surface area (Å²) < 4.78 is 0. The molecule has 1 N–H and O–H groups in total. The lowest BCUT2D eigenvalue weighted by atomic mass is 10.2. The van der Waals surface area contributed by atoms with Gasteiger partial charge in [0, 0.05) is 13.1 Å². The van der Waals surface area contributed by atoms with Crippen molar-refractivity contribution in [2.24, 2.45) is 0 Å². The molecule has 0 saturated carbocycles. The number of rotatable bonds is 4. The fraction of sp³-hybridized carbons (Fsp3) is 0.400. The SMILES string of the molecule is Cc1cc([N+](=O)[O-])cnc1N(C)C(C)C(=O)O. The number of anilines is 1. The van der Waals surface area contributed by atoms with Gasteiger partial charge in [-0.25, -0.2) is 9.78 Å². The molecule has 0 bridgehead atoms. The molecule has 17 heavy (non-hydrogen) atoms. The number of hydrogen-bond acceptors (Lipinski definition) is 5. The fourth-order valence-electron chi connectivity index (χ4n) is 1.37. The summed E-state index contributed by atoms with van der Waals surface area (Å²) in [6.45, 7) is 3.17. The van der Waals surface area contributed by atoms with Gasteiger partial charge in [0.25, 0.3) is 5.69 Å². The zero-order chi connectivity index (χ0) is 13.2. The van der Waals surface area contributed by atoms with Crippen LogP contribution in [-0.2, 0) is 4.79 Å². The van der Waals surface area contributed by atoms with Crippen LogP contribution in [0.3, 0.4) is 0 Å². The van der Waals surface area contributed by atoms with Crippen molar-refractivity contribution in [3.8, 4) is 0 Å². The maximum atomic E-state index is 10.8. The maximum Gasteiger partial charge on any atom is 0.326 e. The quantitative estimate of drug-likeness (QED) is 0.626. The minimum atomic E-state index is -0.980. The molecular formula is C10H13N3O4. The molecule has 0 radical (unpaired) electrons. The lowest BCUT2D eigenvalue weighted by Gasteiger charge is -2.23. The summed E-state index contributed by atoms with van der Waals surface area (Å²) in [4.78, 5) is 26.2. The van der Waals surface area contributed by atoms with E-state index in [0.717, 1.165) is 6.20 Å². The molecular weight excluding hydrogens is 226 g/mol. The van der Waals surface area contributed by atoms with Crippen LogP contribution in [0.2, 0.25) is 0 Å². The molecule has 0 aromatic carbocycles. The van der Waals surface area contributed by atoms with E-state index < -0.39 is 16.9 Å². The van der Waals surface area contributed by atoms with Crippen molar-refractivity contribution < 1.29 is 14.8 Å². The third-order valence-electron chi connectivity index (χ3n) is 2.52. The topological polar surface area (TPSA) is 96.6 Å². The first kappa shape index (κ1) is 12.9. The van der Waals surface area contributed by atoms with Gasteiger partial charge >= 0.3 is 5.97 Å². The third-order valence-corrected chi connectivity index (χ3v) is 2.52. The van der Waals surface area contributed by atoms with Crippen molar-refractivity contribution in [1.29, 1.82) is 0 Å².